The van der Waals surface area contributed by atoms with Crippen LogP contribution in [0.5, 0.6) is 0 Å². The van der Waals surface area contributed by atoms with E-state index in [9.17, 15) is 13.2 Å². The lowest BCUT2D eigenvalue weighted by molar-refractivity contribution is 0.103. The summed E-state index contributed by atoms with van der Waals surface area (Å²) in [6.45, 7) is 3.63. The van der Waals surface area contributed by atoms with Gasteiger partial charge in [0.15, 0.2) is 0 Å². The zero-order valence-electron chi connectivity index (χ0n) is 11.0. The number of hydrogen-bond donors (Lipinski definition) is 2. The van der Waals surface area contributed by atoms with Crippen molar-refractivity contribution in [2.24, 2.45) is 5.14 Å². The number of carbonyl (C=O) groups is 1. The van der Waals surface area contributed by atoms with Crippen molar-refractivity contribution >= 4 is 33.0 Å². The Hall–Kier alpha value is -1.70. The van der Waals surface area contributed by atoms with Gasteiger partial charge in [0.25, 0.3) is 5.91 Å². The number of thiophene rings is 1. The molecule has 0 aliphatic heterocycles. The van der Waals surface area contributed by atoms with Crippen molar-refractivity contribution in [1.82, 2.24) is 0 Å². The summed E-state index contributed by atoms with van der Waals surface area (Å²) in [6.07, 6.45) is 0. The lowest BCUT2D eigenvalue weighted by atomic mass is 10.2. The molecular weight excluding hydrogens is 296 g/mol. The highest BCUT2D eigenvalue weighted by Gasteiger charge is 2.14. The largest absolute Gasteiger partial charge is 0.321 e. The van der Waals surface area contributed by atoms with Crippen LogP contribution < -0.4 is 10.5 Å². The van der Waals surface area contributed by atoms with E-state index in [1.165, 1.54) is 23.5 Å². The van der Waals surface area contributed by atoms with Crippen LogP contribution in [0.2, 0.25) is 0 Å². The second-order valence-corrected chi connectivity index (χ2v) is 6.89. The van der Waals surface area contributed by atoms with Crippen LogP contribution in [-0.4, -0.2) is 14.3 Å². The Labute approximate surface area is 121 Å². The van der Waals surface area contributed by atoms with Crippen molar-refractivity contribution in [2.75, 3.05) is 5.32 Å². The number of aryl methyl sites for hydroxylation is 2. The van der Waals surface area contributed by atoms with E-state index in [4.69, 9.17) is 5.14 Å². The normalized spacial score (nSPS) is 11.3. The van der Waals surface area contributed by atoms with Crippen molar-refractivity contribution in [1.29, 1.82) is 0 Å². The minimum absolute atomic E-state index is 0.0266. The number of nitrogens with one attached hydrogen (secondary N) is 1. The molecular formula is C13H14N2O3S2. The fourth-order valence-electron chi connectivity index (χ4n) is 1.70. The van der Waals surface area contributed by atoms with Gasteiger partial charge in [-0.25, -0.2) is 13.6 Å². The predicted octanol–water partition coefficient (Wildman–Crippen LogP) is 2.26. The fourth-order valence-corrected chi connectivity index (χ4v) is 3.06. The summed E-state index contributed by atoms with van der Waals surface area (Å²) >= 11 is 1.34. The molecule has 1 amide bonds. The molecule has 2 rings (SSSR count). The highest BCUT2D eigenvalue weighted by Crippen LogP contribution is 2.22. The van der Waals surface area contributed by atoms with Crippen LogP contribution in [-0.2, 0) is 10.0 Å². The Morgan fingerprint density at radius 2 is 1.90 bits per heavy atom. The van der Waals surface area contributed by atoms with E-state index < -0.39 is 10.0 Å². The number of rotatable bonds is 3. The third kappa shape index (κ3) is 3.06. The first-order chi connectivity index (χ1) is 9.29. The Bertz CT molecular complexity index is 764. The van der Waals surface area contributed by atoms with Gasteiger partial charge in [-0.05, 0) is 48.6 Å². The molecule has 1 aromatic carbocycles. The molecule has 2 aromatic rings. The third-order valence-electron chi connectivity index (χ3n) is 2.85. The zero-order valence-corrected chi connectivity index (χ0v) is 12.6. The molecule has 0 aliphatic rings. The molecule has 5 nitrogen and oxygen atoms in total. The van der Waals surface area contributed by atoms with Crippen molar-refractivity contribution in [3.8, 4) is 0 Å². The van der Waals surface area contributed by atoms with Crippen LogP contribution in [0.1, 0.15) is 20.8 Å². The van der Waals surface area contributed by atoms with E-state index in [-0.39, 0.29) is 10.8 Å². The van der Waals surface area contributed by atoms with E-state index in [1.807, 2.05) is 18.4 Å². The summed E-state index contributed by atoms with van der Waals surface area (Å²) in [5.74, 6) is -0.257. The van der Waals surface area contributed by atoms with E-state index in [1.54, 1.807) is 13.0 Å². The number of nitrogens with two attached hydrogens (primary N) is 1. The molecule has 0 unspecified atom stereocenters. The van der Waals surface area contributed by atoms with Crippen LogP contribution in [0.15, 0.2) is 34.5 Å². The van der Waals surface area contributed by atoms with Gasteiger partial charge in [-0.1, -0.05) is 6.07 Å². The number of sulfonamides is 1. The monoisotopic (exact) mass is 310 g/mol. The molecule has 0 bridgehead atoms. The first-order valence-electron chi connectivity index (χ1n) is 5.78. The second kappa shape index (κ2) is 5.35. The van der Waals surface area contributed by atoms with E-state index in [0.29, 0.717) is 10.6 Å². The second-order valence-electron chi connectivity index (χ2n) is 4.41. The van der Waals surface area contributed by atoms with Gasteiger partial charge in [-0.3, -0.25) is 4.79 Å². The van der Waals surface area contributed by atoms with Gasteiger partial charge < -0.3 is 5.32 Å². The van der Waals surface area contributed by atoms with E-state index in [0.717, 1.165) is 11.1 Å². The van der Waals surface area contributed by atoms with Crippen molar-refractivity contribution in [2.45, 2.75) is 18.7 Å². The number of benzene rings is 1. The molecule has 0 aliphatic carbocycles. The molecule has 0 saturated carbocycles. The lowest BCUT2D eigenvalue weighted by Gasteiger charge is -2.09. The maximum absolute atomic E-state index is 12.1. The van der Waals surface area contributed by atoms with Gasteiger partial charge in [0.05, 0.1) is 9.77 Å². The molecule has 1 heterocycles. The maximum atomic E-state index is 12.1. The quantitative estimate of drug-likeness (QED) is 0.911. The highest BCUT2D eigenvalue weighted by molar-refractivity contribution is 7.89. The van der Waals surface area contributed by atoms with Gasteiger partial charge in [0.1, 0.15) is 0 Å². The van der Waals surface area contributed by atoms with Gasteiger partial charge >= 0.3 is 0 Å². The average molecular weight is 310 g/mol. The van der Waals surface area contributed by atoms with Crippen molar-refractivity contribution < 1.29 is 13.2 Å². The predicted molar refractivity (Wildman–Crippen MR) is 79.6 cm³/mol. The summed E-state index contributed by atoms with van der Waals surface area (Å²) in [5, 5.41) is 9.64. The molecule has 0 fully saturated rings. The van der Waals surface area contributed by atoms with Crippen LogP contribution >= 0.6 is 11.3 Å². The SMILES string of the molecule is Cc1ccc(S(N)(=O)=O)cc1NC(=O)c1sccc1C. The van der Waals surface area contributed by atoms with Gasteiger partial charge in [0.2, 0.25) is 10.0 Å². The molecule has 1 aromatic heterocycles. The number of carbonyl (C=O) groups excluding carboxylic acids is 1. The Balaban J connectivity index is 2.34. The van der Waals surface area contributed by atoms with E-state index in [2.05, 4.69) is 5.32 Å². The molecule has 0 saturated heterocycles. The zero-order chi connectivity index (χ0) is 14.9. The molecule has 106 valence electrons. The van der Waals surface area contributed by atoms with Gasteiger partial charge in [-0.2, -0.15) is 0 Å². The van der Waals surface area contributed by atoms with Crippen LogP contribution in [0.25, 0.3) is 0 Å². The minimum atomic E-state index is -3.79. The average Bonchev–Trinajstić information content (AvgIpc) is 2.77. The first-order valence-corrected chi connectivity index (χ1v) is 8.20. The maximum Gasteiger partial charge on any atom is 0.266 e. The Kier molecular flexibility index (Phi) is 3.94. The minimum Gasteiger partial charge on any atom is -0.321 e. The van der Waals surface area contributed by atoms with Gasteiger partial charge in [-0.15, -0.1) is 11.3 Å². The van der Waals surface area contributed by atoms with Crippen LogP contribution in [0, 0.1) is 13.8 Å². The first kappa shape index (κ1) is 14.7. The standard InChI is InChI=1S/C13H14N2O3S2/c1-8-3-4-10(20(14,17)18)7-11(8)15-13(16)12-9(2)5-6-19-12/h3-7H,1-2H3,(H,15,16)(H2,14,17,18). The lowest BCUT2D eigenvalue weighted by Crippen LogP contribution is -2.15. The molecule has 0 atom stereocenters. The van der Waals surface area contributed by atoms with Crippen molar-refractivity contribution in [3.63, 3.8) is 0 Å². The number of hydrogen-bond acceptors (Lipinski definition) is 4. The van der Waals surface area contributed by atoms with Crippen LogP contribution in [0.4, 0.5) is 5.69 Å². The molecule has 3 N–H and O–H groups in total. The molecule has 20 heavy (non-hydrogen) atoms. The highest BCUT2D eigenvalue weighted by atomic mass is 32.2. The smallest absolute Gasteiger partial charge is 0.266 e. The Morgan fingerprint density at radius 3 is 2.45 bits per heavy atom. The van der Waals surface area contributed by atoms with E-state index >= 15 is 0 Å². The van der Waals surface area contributed by atoms with Crippen LogP contribution in [0.3, 0.4) is 0 Å². The summed E-state index contributed by atoms with van der Waals surface area (Å²) in [7, 11) is -3.79. The fraction of sp³-hybridized carbons (Fsp3) is 0.154. The number of anilines is 1. The molecule has 0 radical (unpaired) electrons. The third-order valence-corrected chi connectivity index (χ3v) is 4.78. The molecule has 7 heteroatoms. The summed E-state index contributed by atoms with van der Waals surface area (Å²) in [5.41, 5.74) is 2.09. The number of primary sulfonamides is 1. The van der Waals surface area contributed by atoms with Gasteiger partial charge in [0, 0.05) is 5.69 Å². The Morgan fingerprint density at radius 1 is 1.20 bits per heavy atom. The van der Waals surface area contributed by atoms with Crippen molar-refractivity contribution in [3.05, 3.63) is 45.6 Å². The summed E-state index contributed by atoms with van der Waals surface area (Å²) < 4.78 is 22.7. The topological polar surface area (TPSA) is 89.3 Å². The summed E-state index contributed by atoms with van der Waals surface area (Å²) in [6, 6.07) is 6.24. The number of amides is 1. The molecule has 0 spiro atoms. The summed E-state index contributed by atoms with van der Waals surface area (Å²) in [4.78, 5) is 12.7.